The van der Waals surface area contributed by atoms with Gasteiger partial charge in [-0.25, -0.2) is 14.8 Å². The number of hydrazine groups is 1. The number of carbonyl (C=O) groups excluding carboxylic acids is 2. The lowest BCUT2D eigenvalue weighted by Crippen LogP contribution is -2.45. The fraction of sp³-hybridized carbons (Fsp3) is 0.500. The first-order valence-corrected chi connectivity index (χ1v) is 7.41. The van der Waals surface area contributed by atoms with E-state index in [2.05, 4.69) is 0 Å². The Balaban J connectivity index is 2.20. The van der Waals surface area contributed by atoms with E-state index in [9.17, 15) is 9.59 Å². The molecular formula is C16H22N2O4. The third-order valence-electron chi connectivity index (χ3n) is 3.85. The number of methoxy groups -OCH3 is 1. The standard InChI is InChI=1S/C16H22N2O4/c1-4-22-16(20)18-12(2)14(15(19)21-3)11-17(18)10-13-8-6-5-7-9-13/h5-9,12,14H,4,10-11H2,1-3H3. The minimum absolute atomic E-state index is 0.296. The predicted octanol–water partition coefficient (Wildman–Crippen LogP) is 2.05. The van der Waals surface area contributed by atoms with Crippen LogP contribution in [0.15, 0.2) is 30.3 Å². The number of amides is 1. The Morgan fingerprint density at radius 2 is 1.95 bits per heavy atom. The van der Waals surface area contributed by atoms with Gasteiger partial charge in [0.25, 0.3) is 0 Å². The zero-order valence-electron chi connectivity index (χ0n) is 13.2. The largest absolute Gasteiger partial charge is 0.469 e. The Morgan fingerprint density at radius 1 is 1.27 bits per heavy atom. The van der Waals surface area contributed by atoms with Crippen molar-refractivity contribution in [3.63, 3.8) is 0 Å². The van der Waals surface area contributed by atoms with E-state index >= 15 is 0 Å². The molecule has 2 unspecified atom stereocenters. The van der Waals surface area contributed by atoms with Gasteiger partial charge in [-0.3, -0.25) is 4.79 Å². The van der Waals surface area contributed by atoms with Crippen LogP contribution in [0.2, 0.25) is 0 Å². The minimum Gasteiger partial charge on any atom is -0.469 e. The molecule has 2 rings (SSSR count). The highest BCUT2D eigenvalue weighted by molar-refractivity contribution is 5.76. The van der Waals surface area contributed by atoms with Gasteiger partial charge in [-0.2, -0.15) is 0 Å². The lowest BCUT2D eigenvalue weighted by Gasteiger charge is -2.30. The summed E-state index contributed by atoms with van der Waals surface area (Å²) in [6, 6.07) is 9.51. The van der Waals surface area contributed by atoms with Gasteiger partial charge in [0.05, 0.1) is 25.7 Å². The summed E-state index contributed by atoms with van der Waals surface area (Å²) in [6.45, 7) is 4.87. The summed E-state index contributed by atoms with van der Waals surface area (Å²) < 4.78 is 9.97. The number of hydrogen-bond donors (Lipinski definition) is 0. The zero-order valence-corrected chi connectivity index (χ0v) is 13.2. The maximum absolute atomic E-state index is 12.2. The van der Waals surface area contributed by atoms with Crippen molar-refractivity contribution in [1.82, 2.24) is 10.0 Å². The van der Waals surface area contributed by atoms with Crippen molar-refractivity contribution >= 4 is 12.1 Å². The SMILES string of the molecule is CCOC(=O)N1C(C)C(C(=O)OC)CN1Cc1ccccc1. The van der Waals surface area contributed by atoms with E-state index in [1.807, 2.05) is 42.3 Å². The number of nitrogens with zero attached hydrogens (tertiary/aromatic N) is 2. The van der Waals surface area contributed by atoms with Gasteiger partial charge in [-0.15, -0.1) is 0 Å². The highest BCUT2D eigenvalue weighted by Gasteiger charge is 2.44. The molecule has 1 saturated heterocycles. The number of carbonyl (C=O) groups is 2. The van der Waals surface area contributed by atoms with Crippen molar-refractivity contribution in [3.8, 4) is 0 Å². The summed E-state index contributed by atoms with van der Waals surface area (Å²) in [5, 5.41) is 3.37. The summed E-state index contributed by atoms with van der Waals surface area (Å²) in [5.74, 6) is -0.685. The number of hydrogen-bond acceptors (Lipinski definition) is 5. The van der Waals surface area contributed by atoms with Crippen LogP contribution in [0.4, 0.5) is 4.79 Å². The van der Waals surface area contributed by atoms with E-state index in [-0.39, 0.29) is 17.9 Å². The first kappa shape index (κ1) is 16.3. The Bertz CT molecular complexity index is 520. The second-order valence-corrected chi connectivity index (χ2v) is 5.25. The second kappa shape index (κ2) is 7.26. The van der Waals surface area contributed by atoms with E-state index in [0.29, 0.717) is 19.7 Å². The van der Waals surface area contributed by atoms with Gasteiger partial charge in [0.2, 0.25) is 0 Å². The first-order valence-electron chi connectivity index (χ1n) is 7.41. The van der Waals surface area contributed by atoms with Crippen LogP contribution in [0.5, 0.6) is 0 Å². The molecule has 1 aliphatic rings. The highest BCUT2D eigenvalue weighted by Crippen LogP contribution is 2.27. The van der Waals surface area contributed by atoms with Gasteiger partial charge in [0.15, 0.2) is 0 Å². The number of esters is 1. The van der Waals surface area contributed by atoms with Crippen molar-refractivity contribution in [3.05, 3.63) is 35.9 Å². The highest BCUT2D eigenvalue weighted by atomic mass is 16.6. The summed E-state index contributed by atoms with van der Waals surface area (Å²) in [4.78, 5) is 24.1. The van der Waals surface area contributed by atoms with Crippen LogP contribution in [0.1, 0.15) is 19.4 Å². The van der Waals surface area contributed by atoms with Crippen molar-refractivity contribution in [1.29, 1.82) is 0 Å². The Morgan fingerprint density at radius 3 is 2.55 bits per heavy atom. The van der Waals surface area contributed by atoms with Crippen LogP contribution in [0.25, 0.3) is 0 Å². The van der Waals surface area contributed by atoms with Crippen LogP contribution < -0.4 is 0 Å². The molecule has 6 nitrogen and oxygen atoms in total. The summed E-state index contributed by atoms with van der Waals surface area (Å²) >= 11 is 0. The predicted molar refractivity (Wildman–Crippen MR) is 80.7 cm³/mol. The molecular weight excluding hydrogens is 284 g/mol. The Labute approximate surface area is 130 Å². The zero-order chi connectivity index (χ0) is 16.1. The van der Waals surface area contributed by atoms with Crippen molar-refractivity contribution < 1.29 is 19.1 Å². The van der Waals surface area contributed by atoms with Crippen molar-refractivity contribution in [2.75, 3.05) is 20.3 Å². The molecule has 1 aromatic rings. The molecule has 0 bridgehead atoms. The average molecular weight is 306 g/mol. The molecule has 1 aliphatic heterocycles. The molecule has 6 heteroatoms. The maximum atomic E-state index is 12.2. The van der Waals surface area contributed by atoms with Crippen LogP contribution in [0, 0.1) is 5.92 Å². The summed E-state index contributed by atoms with van der Waals surface area (Å²) in [6.07, 6.45) is -0.433. The summed E-state index contributed by atoms with van der Waals surface area (Å²) in [5.41, 5.74) is 1.06. The number of rotatable bonds is 4. The van der Waals surface area contributed by atoms with Gasteiger partial charge in [-0.1, -0.05) is 30.3 Å². The molecule has 1 heterocycles. The molecule has 0 saturated carbocycles. The number of ether oxygens (including phenoxy) is 2. The van der Waals surface area contributed by atoms with E-state index in [1.54, 1.807) is 6.92 Å². The topological polar surface area (TPSA) is 59.1 Å². The summed E-state index contributed by atoms with van der Waals surface area (Å²) in [7, 11) is 1.36. The molecule has 120 valence electrons. The molecule has 2 atom stereocenters. The van der Waals surface area contributed by atoms with Gasteiger partial charge in [-0.05, 0) is 19.4 Å². The molecule has 0 radical (unpaired) electrons. The van der Waals surface area contributed by atoms with Crippen LogP contribution >= 0.6 is 0 Å². The number of benzene rings is 1. The van der Waals surface area contributed by atoms with Crippen LogP contribution in [-0.2, 0) is 20.8 Å². The quantitative estimate of drug-likeness (QED) is 0.797. The molecule has 1 aromatic carbocycles. The van der Waals surface area contributed by atoms with Crippen LogP contribution in [-0.4, -0.2) is 48.4 Å². The van der Waals surface area contributed by atoms with E-state index in [0.717, 1.165) is 5.56 Å². The van der Waals surface area contributed by atoms with E-state index in [1.165, 1.54) is 12.1 Å². The Kier molecular flexibility index (Phi) is 5.38. The molecule has 22 heavy (non-hydrogen) atoms. The fourth-order valence-electron chi connectivity index (χ4n) is 2.72. The van der Waals surface area contributed by atoms with Gasteiger partial charge in [0.1, 0.15) is 0 Å². The van der Waals surface area contributed by atoms with Crippen LogP contribution in [0.3, 0.4) is 0 Å². The van der Waals surface area contributed by atoms with Gasteiger partial charge < -0.3 is 9.47 Å². The van der Waals surface area contributed by atoms with Gasteiger partial charge in [0, 0.05) is 13.1 Å². The third kappa shape index (κ3) is 3.39. The molecule has 0 N–H and O–H groups in total. The minimum atomic E-state index is -0.433. The lowest BCUT2D eigenvalue weighted by atomic mass is 10.0. The van der Waals surface area contributed by atoms with E-state index < -0.39 is 6.09 Å². The third-order valence-corrected chi connectivity index (χ3v) is 3.85. The van der Waals surface area contributed by atoms with Gasteiger partial charge >= 0.3 is 12.1 Å². The molecule has 0 spiro atoms. The first-order chi connectivity index (χ1) is 10.6. The monoisotopic (exact) mass is 306 g/mol. The lowest BCUT2D eigenvalue weighted by molar-refractivity contribution is -0.145. The molecule has 1 amide bonds. The molecule has 0 aliphatic carbocycles. The van der Waals surface area contributed by atoms with E-state index in [4.69, 9.17) is 9.47 Å². The molecule has 1 fully saturated rings. The second-order valence-electron chi connectivity index (χ2n) is 5.25. The smallest absolute Gasteiger partial charge is 0.424 e. The normalized spacial score (nSPS) is 21.7. The fourth-order valence-corrected chi connectivity index (χ4v) is 2.72. The molecule has 0 aromatic heterocycles. The Hall–Kier alpha value is -2.08. The average Bonchev–Trinajstić information content (AvgIpc) is 2.84. The van der Waals surface area contributed by atoms with Crippen molar-refractivity contribution in [2.24, 2.45) is 5.92 Å². The maximum Gasteiger partial charge on any atom is 0.424 e. The van der Waals surface area contributed by atoms with Crippen molar-refractivity contribution in [2.45, 2.75) is 26.4 Å².